The highest BCUT2D eigenvalue weighted by atomic mass is 15.4. The maximum atomic E-state index is 4.20. The third kappa shape index (κ3) is 5.28. The first-order valence-corrected chi connectivity index (χ1v) is 8.09. The normalized spacial score (nSPS) is 11.1. The second kappa shape index (κ2) is 8.54. The SMILES string of the molecule is CCCn1cc(CCCCCc2cn(CCC)nn2)nn1. The Bertz CT molecular complexity index is 469. The van der Waals surface area contributed by atoms with E-state index < -0.39 is 0 Å². The van der Waals surface area contributed by atoms with Crippen molar-refractivity contribution in [2.45, 2.75) is 71.9 Å². The molecule has 2 aromatic heterocycles. The Morgan fingerprint density at radius 3 is 1.67 bits per heavy atom. The zero-order chi connectivity index (χ0) is 14.9. The van der Waals surface area contributed by atoms with Gasteiger partial charge in [-0.05, 0) is 38.5 Å². The Morgan fingerprint density at radius 1 is 0.762 bits per heavy atom. The molecule has 0 saturated carbocycles. The quantitative estimate of drug-likeness (QED) is 0.631. The molecule has 0 amide bonds. The molecule has 0 aliphatic rings. The predicted molar refractivity (Wildman–Crippen MR) is 81.9 cm³/mol. The standard InChI is InChI=1S/C15H26N6/c1-3-10-20-12-14(16-18-20)8-6-5-7-9-15-13-21(11-4-2)19-17-15/h12-13H,3-11H2,1-2H3. The topological polar surface area (TPSA) is 61.4 Å². The third-order valence-electron chi connectivity index (χ3n) is 3.44. The lowest BCUT2D eigenvalue weighted by molar-refractivity contribution is 0.578. The molecule has 0 spiro atoms. The van der Waals surface area contributed by atoms with Crippen LogP contribution in [0.5, 0.6) is 0 Å². The van der Waals surface area contributed by atoms with Crippen molar-refractivity contribution in [3.05, 3.63) is 23.8 Å². The number of unbranched alkanes of at least 4 members (excludes halogenated alkanes) is 2. The molecule has 0 aliphatic heterocycles. The molecule has 0 unspecified atom stereocenters. The molecule has 0 N–H and O–H groups in total. The Morgan fingerprint density at radius 2 is 1.24 bits per heavy atom. The van der Waals surface area contributed by atoms with Gasteiger partial charge in [-0.2, -0.15) is 0 Å². The minimum Gasteiger partial charge on any atom is -0.252 e. The fourth-order valence-corrected chi connectivity index (χ4v) is 2.37. The summed E-state index contributed by atoms with van der Waals surface area (Å²) in [6.07, 6.45) is 11.9. The van der Waals surface area contributed by atoms with E-state index in [0.29, 0.717) is 0 Å². The third-order valence-corrected chi connectivity index (χ3v) is 3.44. The molecule has 0 saturated heterocycles. The van der Waals surface area contributed by atoms with Gasteiger partial charge in [-0.15, -0.1) is 10.2 Å². The van der Waals surface area contributed by atoms with Crippen molar-refractivity contribution in [2.75, 3.05) is 0 Å². The van der Waals surface area contributed by atoms with E-state index >= 15 is 0 Å². The first-order chi connectivity index (χ1) is 10.3. The summed E-state index contributed by atoms with van der Waals surface area (Å²) < 4.78 is 3.86. The molecule has 21 heavy (non-hydrogen) atoms. The molecule has 116 valence electrons. The van der Waals surface area contributed by atoms with E-state index in [-0.39, 0.29) is 0 Å². The van der Waals surface area contributed by atoms with Crippen molar-refractivity contribution in [2.24, 2.45) is 0 Å². The second-order valence-electron chi connectivity index (χ2n) is 5.51. The van der Waals surface area contributed by atoms with Gasteiger partial charge >= 0.3 is 0 Å². The molecular formula is C15H26N6. The van der Waals surface area contributed by atoms with Gasteiger partial charge in [-0.25, -0.2) is 0 Å². The summed E-state index contributed by atoms with van der Waals surface area (Å²) in [5.74, 6) is 0. The average molecular weight is 290 g/mol. The number of nitrogens with zero attached hydrogens (tertiary/aromatic N) is 6. The monoisotopic (exact) mass is 290 g/mol. The Hall–Kier alpha value is -1.72. The number of aromatic nitrogens is 6. The van der Waals surface area contributed by atoms with Gasteiger partial charge in [0.2, 0.25) is 0 Å². The van der Waals surface area contributed by atoms with Crippen molar-refractivity contribution in [3.8, 4) is 0 Å². The van der Waals surface area contributed by atoms with Crippen LogP contribution >= 0.6 is 0 Å². The number of aryl methyl sites for hydroxylation is 4. The lowest BCUT2D eigenvalue weighted by atomic mass is 10.1. The second-order valence-corrected chi connectivity index (χ2v) is 5.51. The summed E-state index contributed by atoms with van der Waals surface area (Å²) in [7, 11) is 0. The average Bonchev–Trinajstić information content (AvgIpc) is 3.09. The lowest BCUT2D eigenvalue weighted by Gasteiger charge is -1.97. The molecule has 0 radical (unpaired) electrons. The minimum absolute atomic E-state index is 0.959. The maximum absolute atomic E-state index is 4.20. The zero-order valence-corrected chi connectivity index (χ0v) is 13.2. The summed E-state index contributed by atoms with van der Waals surface area (Å²) in [6.45, 7) is 6.22. The molecule has 0 aromatic carbocycles. The molecule has 2 rings (SSSR count). The molecule has 0 aliphatic carbocycles. The van der Waals surface area contributed by atoms with Crippen LogP contribution in [0.2, 0.25) is 0 Å². The Balaban J connectivity index is 1.60. The van der Waals surface area contributed by atoms with Crippen LogP contribution in [0.3, 0.4) is 0 Å². The number of hydrogen-bond acceptors (Lipinski definition) is 4. The summed E-state index contributed by atoms with van der Waals surface area (Å²) in [4.78, 5) is 0. The minimum atomic E-state index is 0.959. The summed E-state index contributed by atoms with van der Waals surface area (Å²) >= 11 is 0. The van der Waals surface area contributed by atoms with Gasteiger partial charge in [0.05, 0.1) is 11.4 Å². The Kier molecular flexibility index (Phi) is 6.37. The van der Waals surface area contributed by atoms with Crippen molar-refractivity contribution in [3.63, 3.8) is 0 Å². The van der Waals surface area contributed by atoms with E-state index in [1.807, 2.05) is 9.36 Å². The molecule has 6 nitrogen and oxygen atoms in total. The van der Waals surface area contributed by atoms with Gasteiger partial charge in [0.1, 0.15) is 0 Å². The van der Waals surface area contributed by atoms with Crippen LogP contribution in [0.15, 0.2) is 12.4 Å². The van der Waals surface area contributed by atoms with Gasteiger partial charge in [0.15, 0.2) is 0 Å². The van der Waals surface area contributed by atoms with E-state index in [2.05, 4.69) is 46.9 Å². The Labute approximate surface area is 126 Å². The van der Waals surface area contributed by atoms with Crippen molar-refractivity contribution in [1.29, 1.82) is 0 Å². The van der Waals surface area contributed by atoms with Gasteiger partial charge in [-0.1, -0.05) is 30.7 Å². The number of rotatable bonds is 10. The van der Waals surface area contributed by atoms with Crippen LogP contribution in [-0.4, -0.2) is 30.0 Å². The van der Waals surface area contributed by atoms with E-state index in [1.54, 1.807) is 0 Å². The summed E-state index contributed by atoms with van der Waals surface area (Å²) in [5, 5.41) is 16.6. The van der Waals surface area contributed by atoms with Gasteiger partial charge in [-0.3, -0.25) is 9.36 Å². The van der Waals surface area contributed by atoms with E-state index in [0.717, 1.165) is 63.0 Å². The zero-order valence-electron chi connectivity index (χ0n) is 13.2. The highest BCUT2D eigenvalue weighted by molar-refractivity contribution is 4.93. The van der Waals surface area contributed by atoms with Crippen LogP contribution in [0.25, 0.3) is 0 Å². The van der Waals surface area contributed by atoms with E-state index in [9.17, 15) is 0 Å². The van der Waals surface area contributed by atoms with Gasteiger partial charge < -0.3 is 0 Å². The first-order valence-electron chi connectivity index (χ1n) is 8.09. The molecule has 2 aromatic rings. The molecular weight excluding hydrogens is 264 g/mol. The van der Waals surface area contributed by atoms with Crippen molar-refractivity contribution in [1.82, 2.24) is 30.0 Å². The van der Waals surface area contributed by atoms with Crippen LogP contribution in [-0.2, 0) is 25.9 Å². The van der Waals surface area contributed by atoms with Crippen LogP contribution in [0.1, 0.15) is 57.3 Å². The largest absolute Gasteiger partial charge is 0.252 e. The smallest absolute Gasteiger partial charge is 0.0827 e. The number of hydrogen-bond donors (Lipinski definition) is 0. The van der Waals surface area contributed by atoms with E-state index in [1.165, 1.54) is 6.42 Å². The maximum Gasteiger partial charge on any atom is 0.0827 e. The summed E-state index contributed by atoms with van der Waals surface area (Å²) in [6, 6.07) is 0. The van der Waals surface area contributed by atoms with Gasteiger partial charge in [0.25, 0.3) is 0 Å². The molecule has 0 fully saturated rings. The molecule has 2 heterocycles. The molecule has 0 bridgehead atoms. The highest BCUT2D eigenvalue weighted by Gasteiger charge is 2.02. The van der Waals surface area contributed by atoms with Crippen LogP contribution in [0.4, 0.5) is 0 Å². The van der Waals surface area contributed by atoms with E-state index in [4.69, 9.17) is 0 Å². The van der Waals surface area contributed by atoms with Crippen molar-refractivity contribution >= 4 is 0 Å². The fourth-order valence-electron chi connectivity index (χ4n) is 2.37. The predicted octanol–water partition coefficient (Wildman–Crippen LogP) is 2.65. The lowest BCUT2D eigenvalue weighted by Crippen LogP contribution is -1.96. The van der Waals surface area contributed by atoms with Crippen LogP contribution in [0, 0.1) is 0 Å². The molecule has 0 atom stereocenters. The highest BCUT2D eigenvalue weighted by Crippen LogP contribution is 2.07. The molecule has 6 heteroatoms. The van der Waals surface area contributed by atoms with Gasteiger partial charge in [0, 0.05) is 25.5 Å². The summed E-state index contributed by atoms with van der Waals surface area (Å²) in [5.41, 5.74) is 2.22. The first kappa shape index (κ1) is 15.7. The van der Waals surface area contributed by atoms with Crippen LogP contribution < -0.4 is 0 Å². The fraction of sp³-hybridized carbons (Fsp3) is 0.733. The van der Waals surface area contributed by atoms with Crippen molar-refractivity contribution < 1.29 is 0 Å².